The van der Waals surface area contributed by atoms with Gasteiger partial charge in [0.1, 0.15) is 5.75 Å². The van der Waals surface area contributed by atoms with E-state index in [-0.39, 0.29) is 17.3 Å². The lowest BCUT2D eigenvalue weighted by Gasteiger charge is -1.98. The van der Waals surface area contributed by atoms with Gasteiger partial charge in [-0.3, -0.25) is 0 Å². The van der Waals surface area contributed by atoms with Gasteiger partial charge in [-0.15, -0.1) is 5.10 Å². The molecule has 0 bridgehead atoms. The zero-order valence-electron chi connectivity index (χ0n) is 10.8. The Kier molecular flexibility index (Phi) is 3.07. The molecule has 0 saturated carbocycles. The molecule has 0 atom stereocenters. The molecule has 9 heteroatoms. The molecule has 0 fully saturated rings. The van der Waals surface area contributed by atoms with Crippen molar-refractivity contribution in [2.24, 2.45) is 0 Å². The molecule has 21 heavy (non-hydrogen) atoms. The van der Waals surface area contributed by atoms with Crippen LogP contribution in [-0.4, -0.2) is 32.4 Å². The van der Waals surface area contributed by atoms with Crippen molar-refractivity contribution in [3.8, 4) is 28.7 Å². The van der Waals surface area contributed by atoms with E-state index in [2.05, 4.69) is 20.3 Å². The number of ether oxygens (including phenoxy) is 1. The van der Waals surface area contributed by atoms with E-state index < -0.39 is 4.92 Å². The van der Waals surface area contributed by atoms with Gasteiger partial charge in [-0.2, -0.15) is 4.98 Å². The fourth-order valence-corrected chi connectivity index (χ4v) is 1.70. The Balaban J connectivity index is 1.89. The van der Waals surface area contributed by atoms with Crippen molar-refractivity contribution in [3.63, 3.8) is 0 Å². The first kappa shape index (κ1) is 12.8. The van der Waals surface area contributed by atoms with E-state index in [9.17, 15) is 10.1 Å². The van der Waals surface area contributed by atoms with Crippen LogP contribution >= 0.6 is 0 Å². The third kappa shape index (κ3) is 2.43. The lowest BCUT2D eigenvalue weighted by molar-refractivity contribution is -0.389. The molecular formula is C12H9N5O4. The smallest absolute Gasteiger partial charge is 0.343 e. The lowest BCUT2D eigenvalue weighted by atomic mass is 10.2. The summed E-state index contributed by atoms with van der Waals surface area (Å²) in [6.07, 6.45) is 0. The molecule has 1 N–H and O–H groups in total. The molecule has 106 valence electrons. The third-order valence-corrected chi connectivity index (χ3v) is 2.75. The number of H-pyrrole nitrogens is 1. The largest absolute Gasteiger partial charge is 0.497 e. The van der Waals surface area contributed by atoms with E-state index in [1.54, 1.807) is 31.4 Å². The number of hydrogen-bond donors (Lipinski definition) is 1. The normalized spacial score (nSPS) is 10.5. The van der Waals surface area contributed by atoms with Crippen molar-refractivity contribution in [2.75, 3.05) is 7.11 Å². The van der Waals surface area contributed by atoms with E-state index in [0.29, 0.717) is 17.2 Å². The van der Waals surface area contributed by atoms with Crippen molar-refractivity contribution in [3.05, 3.63) is 40.4 Å². The molecular weight excluding hydrogens is 278 g/mol. The summed E-state index contributed by atoms with van der Waals surface area (Å²) in [5, 5.41) is 20.4. The number of aromatic nitrogens is 4. The molecule has 2 heterocycles. The van der Waals surface area contributed by atoms with Gasteiger partial charge in [-0.25, -0.2) is 0 Å². The van der Waals surface area contributed by atoms with Crippen molar-refractivity contribution in [2.45, 2.75) is 0 Å². The molecule has 1 aromatic carbocycles. The van der Waals surface area contributed by atoms with Crippen molar-refractivity contribution in [1.29, 1.82) is 0 Å². The monoisotopic (exact) mass is 287 g/mol. The molecule has 0 aliphatic heterocycles. The number of nitro groups is 1. The summed E-state index contributed by atoms with van der Waals surface area (Å²) < 4.78 is 10.2. The molecule has 0 amide bonds. The summed E-state index contributed by atoms with van der Waals surface area (Å²) in [6, 6.07) is 8.30. The molecule has 0 spiro atoms. The highest BCUT2D eigenvalue weighted by molar-refractivity contribution is 5.59. The number of benzene rings is 1. The molecule has 0 radical (unpaired) electrons. The second kappa shape index (κ2) is 5.04. The number of nitrogens with one attached hydrogen (secondary N) is 1. The van der Waals surface area contributed by atoms with Crippen LogP contribution < -0.4 is 4.74 Å². The predicted molar refractivity (Wildman–Crippen MR) is 70.5 cm³/mol. The van der Waals surface area contributed by atoms with Gasteiger partial charge in [0.15, 0.2) is 5.69 Å². The summed E-state index contributed by atoms with van der Waals surface area (Å²) in [5.74, 6) is 0.936. The van der Waals surface area contributed by atoms with Crippen LogP contribution in [-0.2, 0) is 0 Å². The minimum absolute atomic E-state index is 0.171. The molecule has 0 aliphatic rings. The number of nitrogens with zero attached hydrogens (tertiary/aromatic N) is 4. The van der Waals surface area contributed by atoms with Gasteiger partial charge in [0.2, 0.25) is 5.82 Å². The molecule has 2 aromatic heterocycles. The van der Waals surface area contributed by atoms with E-state index in [0.717, 1.165) is 0 Å². The summed E-state index contributed by atoms with van der Waals surface area (Å²) in [6.45, 7) is 0. The van der Waals surface area contributed by atoms with Crippen LogP contribution in [0.2, 0.25) is 0 Å². The molecule has 0 saturated heterocycles. The second-order valence-electron chi connectivity index (χ2n) is 4.05. The van der Waals surface area contributed by atoms with Crippen LogP contribution in [0.25, 0.3) is 23.0 Å². The van der Waals surface area contributed by atoms with Crippen LogP contribution in [0.1, 0.15) is 0 Å². The topological polar surface area (TPSA) is 120 Å². The zero-order valence-corrected chi connectivity index (χ0v) is 10.8. The average Bonchev–Trinajstić information content (AvgIpc) is 3.16. The number of hydrogen-bond acceptors (Lipinski definition) is 7. The predicted octanol–water partition coefficient (Wildman–Crippen LogP) is 2.04. The van der Waals surface area contributed by atoms with E-state index in [4.69, 9.17) is 9.26 Å². The molecule has 0 aliphatic carbocycles. The van der Waals surface area contributed by atoms with Crippen LogP contribution in [0.15, 0.2) is 34.9 Å². The molecule has 3 aromatic rings. The lowest BCUT2D eigenvalue weighted by Crippen LogP contribution is -1.86. The fraction of sp³-hybridized carbons (Fsp3) is 0.0833. The van der Waals surface area contributed by atoms with Crippen LogP contribution in [0.5, 0.6) is 5.75 Å². The Morgan fingerprint density at radius 1 is 1.33 bits per heavy atom. The van der Waals surface area contributed by atoms with E-state index in [1.165, 1.54) is 6.07 Å². The first-order valence-electron chi connectivity index (χ1n) is 5.85. The SMILES string of the molecule is COc1ccc(-c2nc(-c3cc([N+](=O)[O-])[nH]n3)no2)cc1. The van der Waals surface area contributed by atoms with Gasteiger partial charge >= 0.3 is 5.82 Å². The number of methoxy groups -OCH3 is 1. The minimum Gasteiger partial charge on any atom is -0.497 e. The quantitative estimate of drug-likeness (QED) is 0.575. The average molecular weight is 287 g/mol. The Hall–Kier alpha value is -3.23. The maximum Gasteiger partial charge on any atom is 0.343 e. The maximum absolute atomic E-state index is 10.6. The minimum atomic E-state index is -0.582. The van der Waals surface area contributed by atoms with E-state index in [1.807, 2.05) is 0 Å². The Bertz CT molecular complexity index is 777. The number of rotatable bonds is 4. The van der Waals surface area contributed by atoms with Crippen LogP contribution in [0, 0.1) is 10.1 Å². The van der Waals surface area contributed by atoms with Gasteiger partial charge in [-0.05, 0) is 29.2 Å². The Morgan fingerprint density at radius 3 is 2.71 bits per heavy atom. The highest BCUT2D eigenvalue weighted by atomic mass is 16.6. The highest BCUT2D eigenvalue weighted by Crippen LogP contribution is 2.24. The Morgan fingerprint density at radius 2 is 2.10 bits per heavy atom. The van der Waals surface area contributed by atoms with Gasteiger partial charge in [0.25, 0.3) is 5.89 Å². The van der Waals surface area contributed by atoms with Gasteiger partial charge in [0, 0.05) is 5.56 Å². The standard InChI is InChI=1S/C12H9N5O4/c1-20-8-4-2-7(3-5-8)12-13-11(16-21-12)9-6-10(15-14-9)17(18)19/h2-6H,1H3,(H,14,15). The van der Waals surface area contributed by atoms with E-state index >= 15 is 0 Å². The first-order chi connectivity index (χ1) is 10.2. The third-order valence-electron chi connectivity index (χ3n) is 2.75. The van der Waals surface area contributed by atoms with Crippen molar-refractivity contribution < 1.29 is 14.2 Å². The van der Waals surface area contributed by atoms with Gasteiger partial charge in [-0.1, -0.05) is 10.3 Å². The number of aromatic amines is 1. The van der Waals surface area contributed by atoms with Crippen molar-refractivity contribution >= 4 is 5.82 Å². The fourth-order valence-electron chi connectivity index (χ4n) is 1.70. The Labute approximate surface area is 117 Å². The molecule has 0 unspecified atom stereocenters. The summed E-state index contributed by atoms with van der Waals surface area (Å²) in [4.78, 5) is 14.2. The zero-order chi connectivity index (χ0) is 14.8. The maximum atomic E-state index is 10.6. The molecule has 3 rings (SSSR count). The van der Waals surface area contributed by atoms with Gasteiger partial charge in [0.05, 0.1) is 13.2 Å². The summed E-state index contributed by atoms with van der Waals surface area (Å²) >= 11 is 0. The van der Waals surface area contributed by atoms with Crippen molar-refractivity contribution in [1.82, 2.24) is 20.3 Å². The highest BCUT2D eigenvalue weighted by Gasteiger charge is 2.17. The van der Waals surface area contributed by atoms with Gasteiger partial charge < -0.3 is 19.4 Å². The summed E-state index contributed by atoms with van der Waals surface area (Å²) in [5.41, 5.74) is 0.949. The summed E-state index contributed by atoms with van der Waals surface area (Å²) in [7, 11) is 1.57. The molecule has 9 nitrogen and oxygen atoms in total. The first-order valence-corrected chi connectivity index (χ1v) is 5.85. The van der Waals surface area contributed by atoms with Crippen LogP contribution in [0.4, 0.5) is 5.82 Å². The van der Waals surface area contributed by atoms with Crippen LogP contribution in [0.3, 0.4) is 0 Å². The second-order valence-corrected chi connectivity index (χ2v) is 4.05.